The first-order valence-electron chi connectivity index (χ1n) is 11.4. The fraction of sp³-hybridized carbons (Fsp3) is 0.0667. The Bertz CT molecular complexity index is 1410. The highest BCUT2D eigenvalue weighted by Crippen LogP contribution is 2.38. The van der Waals surface area contributed by atoms with Crippen LogP contribution in [0.3, 0.4) is 0 Å². The third-order valence-electron chi connectivity index (χ3n) is 5.97. The second-order valence-corrected chi connectivity index (χ2v) is 8.31. The predicted molar refractivity (Wildman–Crippen MR) is 139 cm³/mol. The van der Waals surface area contributed by atoms with E-state index in [-0.39, 0.29) is 5.91 Å². The van der Waals surface area contributed by atoms with E-state index in [0.717, 1.165) is 23.2 Å². The lowest BCUT2D eigenvalue weighted by Gasteiger charge is -2.15. The molecular formula is C30H24N2O3. The molecule has 35 heavy (non-hydrogen) atoms. The molecule has 2 N–H and O–H groups in total. The molecule has 5 rings (SSSR count). The largest absolute Gasteiger partial charge is 0.465 e. The summed E-state index contributed by atoms with van der Waals surface area (Å²) in [5.41, 5.74) is 7.14. The van der Waals surface area contributed by atoms with Crippen molar-refractivity contribution in [3.8, 4) is 0 Å². The van der Waals surface area contributed by atoms with Crippen molar-refractivity contribution in [2.24, 2.45) is 0 Å². The van der Waals surface area contributed by atoms with E-state index in [0.29, 0.717) is 22.5 Å². The number of benzene rings is 4. The van der Waals surface area contributed by atoms with Gasteiger partial charge in [-0.1, -0.05) is 78.9 Å². The van der Waals surface area contributed by atoms with E-state index in [1.165, 1.54) is 18.2 Å². The Balaban J connectivity index is 1.51. The monoisotopic (exact) mass is 460 g/mol. The van der Waals surface area contributed by atoms with Crippen LogP contribution < -0.4 is 10.6 Å². The first-order valence-corrected chi connectivity index (χ1v) is 11.4. The highest BCUT2D eigenvalue weighted by Gasteiger charge is 2.29. The topological polar surface area (TPSA) is 67.4 Å². The van der Waals surface area contributed by atoms with E-state index >= 15 is 0 Å². The number of rotatable bonds is 6. The molecule has 4 aromatic carbocycles. The van der Waals surface area contributed by atoms with Gasteiger partial charge in [-0.2, -0.15) is 0 Å². The molecule has 0 saturated carbocycles. The summed E-state index contributed by atoms with van der Waals surface area (Å²) in [6.45, 7) is 0. The van der Waals surface area contributed by atoms with Gasteiger partial charge in [-0.3, -0.25) is 4.79 Å². The number of carbonyl (C=O) groups is 2. The lowest BCUT2D eigenvalue weighted by Crippen LogP contribution is -2.10. The number of anilines is 2. The minimum atomic E-state index is -0.448. The average molecular weight is 461 g/mol. The molecule has 0 unspecified atom stereocenters. The van der Waals surface area contributed by atoms with Crippen LogP contribution in [0.1, 0.15) is 32.6 Å². The maximum absolute atomic E-state index is 13.1. The van der Waals surface area contributed by atoms with Crippen LogP contribution in [0.2, 0.25) is 0 Å². The van der Waals surface area contributed by atoms with Gasteiger partial charge in [0.05, 0.1) is 29.6 Å². The van der Waals surface area contributed by atoms with E-state index in [1.54, 1.807) is 18.2 Å². The molecule has 1 amide bonds. The molecule has 0 aromatic heterocycles. The summed E-state index contributed by atoms with van der Waals surface area (Å²) in [6, 6.07) is 33.4. The summed E-state index contributed by atoms with van der Waals surface area (Å²) in [5.74, 6) is -0.675. The van der Waals surface area contributed by atoms with E-state index in [1.807, 2.05) is 60.7 Å². The van der Waals surface area contributed by atoms with Gasteiger partial charge in [0.15, 0.2) is 0 Å². The molecule has 0 saturated heterocycles. The highest BCUT2D eigenvalue weighted by molar-refractivity contribution is 6.37. The summed E-state index contributed by atoms with van der Waals surface area (Å²) >= 11 is 0. The van der Waals surface area contributed by atoms with Crippen LogP contribution in [0.5, 0.6) is 0 Å². The Hall–Kier alpha value is -4.64. The van der Waals surface area contributed by atoms with Gasteiger partial charge in [-0.15, -0.1) is 0 Å². The van der Waals surface area contributed by atoms with Crippen molar-refractivity contribution in [2.75, 3.05) is 17.7 Å². The third-order valence-corrected chi connectivity index (χ3v) is 5.97. The fourth-order valence-electron chi connectivity index (χ4n) is 4.23. The smallest absolute Gasteiger partial charge is 0.337 e. The molecule has 1 aliphatic heterocycles. The SMILES string of the molecule is COC(=O)c1ccc2c(c1)NC(=O)/C2=C(\Nc1ccc(Cc2ccccc2)cc1)c1ccccc1. The zero-order valence-corrected chi connectivity index (χ0v) is 19.2. The van der Waals surface area contributed by atoms with Gasteiger partial charge in [-0.25, -0.2) is 4.79 Å². The van der Waals surface area contributed by atoms with Crippen LogP contribution in [-0.4, -0.2) is 19.0 Å². The Morgan fingerprint density at radius 1 is 0.800 bits per heavy atom. The number of amides is 1. The lowest BCUT2D eigenvalue weighted by molar-refractivity contribution is -0.110. The predicted octanol–water partition coefficient (Wildman–Crippen LogP) is 6.00. The van der Waals surface area contributed by atoms with E-state index in [4.69, 9.17) is 4.74 Å². The zero-order valence-electron chi connectivity index (χ0n) is 19.2. The Kier molecular flexibility index (Phi) is 6.14. The quantitative estimate of drug-likeness (QED) is 0.274. The van der Waals surface area contributed by atoms with Crippen molar-refractivity contribution in [1.82, 2.24) is 0 Å². The van der Waals surface area contributed by atoms with Crippen LogP contribution in [0.25, 0.3) is 11.3 Å². The van der Waals surface area contributed by atoms with Crippen molar-refractivity contribution in [1.29, 1.82) is 0 Å². The van der Waals surface area contributed by atoms with Gasteiger partial charge >= 0.3 is 5.97 Å². The van der Waals surface area contributed by atoms with Crippen LogP contribution in [-0.2, 0) is 16.0 Å². The molecule has 5 heteroatoms. The summed E-state index contributed by atoms with van der Waals surface area (Å²) < 4.78 is 4.82. The van der Waals surface area contributed by atoms with Crippen molar-refractivity contribution < 1.29 is 14.3 Å². The summed E-state index contributed by atoms with van der Waals surface area (Å²) in [4.78, 5) is 25.1. The highest BCUT2D eigenvalue weighted by atomic mass is 16.5. The van der Waals surface area contributed by atoms with Gasteiger partial charge in [0.1, 0.15) is 0 Å². The minimum Gasteiger partial charge on any atom is -0.465 e. The molecule has 0 radical (unpaired) electrons. The maximum Gasteiger partial charge on any atom is 0.337 e. The molecular weight excluding hydrogens is 436 g/mol. The van der Waals surface area contributed by atoms with E-state index in [9.17, 15) is 9.59 Å². The molecule has 1 heterocycles. The van der Waals surface area contributed by atoms with E-state index < -0.39 is 5.97 Å². The Labute approximate surface area is 204 Å². The number of carbonyl (C=O) groups excluding carboxylic acids is 2. The molecule has 0 bridgehead atoms. The van der Waals surface area contributed by atoms with Crippen LogP contribution in [0.4, 0.5) is 11.4 Å². The summed E-state index contributed by atoms with van der Waals surface area (Å²) in [6.07, 6.45) is 0.853. The first kappa shape index (κ1) is 22.2. The van der Waals surface area contributed by atoms with Crippen LogP contribution in [0, 0.1) is 0 Å². The van der Waals surface area contributed by atoms with Gasteiger partial charge in [-0.05, 0) is 47.4 Å². The normalized spacial score (nSPS) is 13.6. The summed E-state index contributed by atoms with van der Waals surface area (Å²) in [7, 11) is 1.34. The van der Waals surface area contributed by atoms with Gasteiger partial charge in [0, 0.05) is 11.3 Å². The number of methoxy groups -OCH3 is 1. The van der Waals surface area contributed by atoms with Gasteiger partial charge < -0.3 is 15.4 Å². The minimum absolute atomic E-state index is 0.228. The van der Waals surface area contributed by atoms with Crippen LogP contribution in [0.15, 0.2) is 103 Å². The lowest BCUT2D eigenvalue weighted by atomic mass is 9.98. The average Bonchev–Trinajstić information content (AvgIpc) is 3.23. The molecule has 5 nitrogen and oxygen atoms in total. The van der Waals surface area contributed by atoms with Gasteiger partial charge in [0.2, 0.25) is 0 Å². The number of nitrogens with one attached hydrogen (secondary N) is 2. The third kappa shape index (κ3) is 4.70. The fourth-order valence-corrected chi connectivity index (χ4v) is 4.23. The first-order chi connectivity index (χ1) is 17.1. The van der Waals surface area contributed by atoms with Crippen molar-refractivity contribution in [3.05, 3.63) is 131 Å². The molecule has 4 aromatic rings. The molecule has 1 aliphatic rings. The summed E-state index contributed by atoms with van der Waals surface area (Å²) in [5, 5.41) is 6.37. The van der Waals surface area contributed by atoms with Gasteiger partial charge in [0.25, 0.3) is 5.91 Å². The Morgan fingerprint density at radius 3 is 2.14 bits per heavy atom. The van der Waals surface area contributed by atoms with E-state index in [2.05, 4.69) is 34.9 Å². The molecule has 0 fully saturated rings. The standard InChI is InChI=1S/C30H24N2O3/c1-35-30(34)23-14-17-25-26(19-23)32-29(33)27(25)28(22-10-6-3-7-11-22)31-24-15-12-21(13-16-24)18-20-8-4-2-5-9-20/h2-17,19,31H,18H2,1H3,(H,32,33)/b28-27-. The number of hydrogen-bond donors (Lipinski definition) is 2. The zero-order chi connectivity index (χ0) is 24.2. The number of hydrogen-bond acceptors (Lipinski definition) is 4. The van der Waals surface area contributed by atoms with Crippen molar-refractivity contribution in [2.45, 2.75) is 6.42 Å². The number of fused-ring (bicyclic) bond motifs is 1. The Morgan fingerprint density at radius 2 is 1.46 bits per heavy atom. The second-order valence-electron chi connectivity index (χ2n) is 8.31. The molecule has 0 atom stereocenters. The molecule has 0 aliphatic carbocycles. The number of ether oxygens (including phenoxy) is 1. The van der Waals surface area contributed by atoms with Crippen molar-refractivity contribution in [3.63, 3.8) is 0 Å². The molecule has 172 valence electrons. The maximum atomic E-state index is 13.1. The second kappa shape index (κ2) is 9.69. The molecule has 0 spiro atoms. The van der Waals surface area contributed by atoms with Crippen molar-refractivity contribution >= 4 is 34.5 Å². The number of esters is 1. The van der Waals surface area contributed by atoms with Crippen LogP contribution >= 0.6 is 0 Å².